The standard InChI is InChI=1S/C13H17N7O2/c1-8-6-11(17-10-2-4-15-19-10)18-13(16-8)20-5-3-9(7-20)22-12(14)21/h2,4,6,9H,3,5,7H2,1H3,(H2,14,21)(H2,15,16,17,18,19)/t9-/m0/s1. The van der Waals surface area contributed by atoms with Gasteiger partial charge in [-0.3, -0.25) is 5.10 Å². The molecular weight excluding hydrogens is 286 g/mol. The van der Waals surface area contributed by atoms with Gasteiger partial charge in [-0.25, -0.2) is 9.78 Å². The third kappa shape index (κ3) is 3.25. The lowest BCUT2D eigenvalue weighted by Crippen LogP contribution is -2.28. The Hall–Kier alpha value is -2.84. The normalized spacial score (nSPS) is 17.5. The van der Waals surface area contributed by atoms with Gasteiger partial charge in [0.05, 0.1) is 12.7 Å². The molecule has 116 valence electrons. The number of aromatic nitrogens is 4. The van der Waals surface area contributed by atoms with Crippen LogP contribution < -0.4 is 16.0 Å². The van der Waals surface area contributed by atoms with E-state index in [1.54, 1.807) is 6.20 Å². The van der Waals surface area contributed by atoms with Crippen molar-refractivity contribution < 1.29 is 9.53 Å². The Kier molecular flexibility index (Phi) is 3.77. The predicted molar refractivity (Wildman–Crippen MR) is 79.9 cm³/mol. The summed E-state index contributed by atoms with van der Waals surface area (Å²) in [6.07, 6.45) is 1.40. The van der Waals surface area contributed by atoms with Gasteiger partial charge >= 0.3 is 6.09 Å². The van der Waals surface area contributed by atoms with Crippen molar-refractivity contribution in [3.63, 3.8) is 0 Å². The summed E-state index contributed by atoms with van der Waals surface area (Å²) in [5, 5.41) is 9.82. The van der Waals surface area contributed by atoms with Crippen LogP contribution in [0.3, 0.4) is 0 Å². The van der Waals surface area contributed by atoms with Crippen molar-refractivity contribution >= 4 is 23.7 Å². The molecule has 1 amide bonds. The van der Waals surface area contributed by atoms with Crippen LogP contribution in [0.25, 0.3) is 0 Å². The molecule has 0 bridgehead atoms. The fraction of sp³-hybridized carbons (Fsp3) is 0.385. The van der Waals surface area contributed by atoms with Crippen LogP contribution in [0, 0.1) is 6.92 Å². The van der Waals surface area contributed by atoms with Crippen molar-refractivity contribution in [2.75, 3.05) is 23.3 Å². The lowest BCUT2D eigenvalue weighted by Gasteiger charge is -2.17. The Morgan fingerprint density at radius 3 is 3.14 bits per heavy atom. The van der Waals surface area contributed by atoms with Crippen LogP contribution in [0.1, 0.15) is 12.1 Å². The highest BCUT2D eigenvalue weighted by atomic mass is 16.6. The van der Waals surface area contributed by atoms with Crippen molar-refractivity contribution in [3.8, 4) is 0 Å². The topological polar surface area (TPSA) is 122 Å². The van der Waals surface area contributed by atoms with Gasteiger partial charge < -0.3 is 20.7 Å². The average Bonchev–Trinajstić information content (AvgIpc) is 3.09. The summed E-state index contributed by atoms with van der Waals surface area (Å²) in [5.41, 5.74) is 5.89. The average molecular weight is 303 g/mol. The fourth-order valence-electron chi connectivity index (χ4n) is 2.39. The van der Waals surface area contributed by atoms with Gasteiger partial charge in [0.2, 0.25) is 5.95 Å². The Morgan fingerprint density at radius 1 is 1.55 bits per heavy atom. The van der Waals surface area contributed by atoms with Gasteiger partial charge in [-0.2, -0.15) is 10.1 Å². The molecule has 1 saturated heterocycles. The molecule has 0 saturated carbocycles. The number of nitrogens with two attached hydrogens (primary N) is 1. The molecule has 2 aromatic heterocycles. The molecule has 3 rings (SSSR count). The van der Waals surface area contributed by atoms with E-state index >= 15 is 0 Å². The minimum Gasteiger partial charge on any atom is -0.444 e. The Bertz CT molecular complexity index is 658. The maximum atomic E-state index is 10.8. The molecule has 1 aliphatic rings. The number of ether oxygens (including phenoxy) is 1. The monoisotopic (exact) mass is 303 g/mol. The van der Waals surface area contributed by atoms with Crippen LogP contribution in [0.2, 0.25) is 0 Å². The zero-order chi connectivity index (χ0) is 15.5. The van der Waals surface area contributed by atoms with Gasteiger partial charge in [0.25, 0.3) is 0 Å². The molecule has 1 atom stereocenters. The lowest BCUT2D eigenvalue weighted by molar-refractivity contribution is 0.117. The summed E-state index contributed by atoms with van der Waals surface area (Å²) >= 11 is 0. The van der Waals surface area contributed by atoms with E-state index in [0.29, 0.717) is 31.3 Å². The first-order valence-electron chi connectivity index (χ1n) is 6.93. The number of hydrogen-bond donors (Lipinski definition) is 3. The number of primary amides is 1. The van der Waals surface area contributed by atoms with E-state index in [2.05, 4.69) is 25.5 Å². The van der Waals surface area contributed by atoms with Crippen molar-refractivity contribution in [2.24, 2.45) is 5.73 Å². The van der Waals surface area contributed by atoms with Crippen LogP contribution in [0.15, 0.2) is 18.3 Å². The minimum atomic E-state index is -0.751. The van der Waals surface area contributed by atoms with E-state index in [-0.39, 0.29) is 6.10 Å². The maximum absolute atomic E-state index is 10.8. The van der Waals surface area contributed by atoms with Gasteiger partial charge in [0, 0.05) is 30.8 Å². The van der Waals surface area contributed by atoms with Gasteiger partial charge in [-0.05, 0) is 6.92 Å². The number of nitrogens with zero attached hydrogens (tertiary/aromatic N) is 4. The van der Waals surface area contributed by atoms with Gasteiger partial charge in [0.15, 0.2) is 0 Å². The van der Waals surface area contributed by atoms with Crippen molar-refractivity contribution in [3.05, 3.63) is 24.0 Å². The Labute approximate surface area is 126 Å². The van der Waals surface area contributed by atoms with Crippen molar-refractivity contribution in [1.29, 1.82) is 0 Å². The molecule has 0 aromatic carbocycles. The summed E-state index contributed by atoms with van der Waals surface area (Å²) in [7, 11) is 0. The molecular formula is C13H17N7O2. The number of amides is 1. The van der Waals surface area contributed by atoms with Crippen LogP contribution >= 0.6 is 0 Å². The first-order valence-corrected chi connectivity index (χ1v) is 6.93. The number of hydrogen-bond acceptors (Lipinski definition) is 7. The molecule has 0 unspecified atom stereocenters. The Morgan fingerprint density at radius 2 is 2.41 bits per heavy atom. The molecule has 2 aromatic rings. The van der Waals surface area contributed by atoms with Crippen molar-refractivity contribution in [1.82, 2.24) is 20.2 Å². The second-order valence-corrected chi connectivity index (χ2v) is 5.08. The van der Waals surface area contributed by atoms with E-state index in [4.69, 9.17) is 10.5 Å². The molecule has 0 radical (unpaired) electrons. The van der Waals surface area contributed by atoms with E-state index in [1.165, 1.54) is 0 Å². The zero-order valence-corrected chi connectivity index (χ0v) is 12.1. The molecule has 1 aliphatic heterocycles. The highest BCUT2D eigenvalue weighted by molar-refractivity contribution is 5.65. The van der Waals surface area contributed by atoms with Crippen LogP contribution in [-0.4, -0.2) is 45.5 Å². The summed E-state index contributed by atoms with van der Waals surface area (Å²) in [6, 6.07) is 3.65. The minimum absolute atomic E-state index is 0.217. The SMILES string of the molecule is Cc1cc(Nc2ccn[nH]2)nc(N2CC[C@H](OC(N)=O)C2)n1. The van der Waals surface area contributed by atoms with E-state index < -0.39 is 6.09 Å². The molecule has 0 aliphatic carbocycles. The van der Waals surface area contributed by atoms with Crippen LogP contribution in [0.5, 0.6) is 0 Å². The maximum Gasteiger partial charge on any atom is 0.404 e. The predicted octanol–water partition coefficient (Wildman–Crippen LogP) is 0.926. The number of aryl methyl sites for hydroxylation is 1. The second kappa shape index (κ2) is 5.88. The smallest absolute Gasteiger partial charge is 0.404 e. The third-order valence-electron chi connectivity index (χ3n) is 3.32. The number of carbonyl (C=O) groups excluding carboxylic acids is 1. The Balaban J connectivity index is 1.74. The quantitative estimate of drug-likeness (QED) is 0.767. The highest BCUT2D eigenvalue weighted by Crippen LogP contribution is 2.21. The van der Waals surface area contributed by atoms with Gasteiger partial charge in [0.1, 0.15) is 17.7 Å². The van der Waals surface area contributed by atoms with Crippen LogP contribution in [0.4, 0.5) is 22.4 Å². The van der Waals surface area contributed by atoms with E-state index in [0.717, 1.165) is 11.5 Å². The molecule has 0 spiro atoms. The number of aromatic amines is 1. The number of anilines is 3. The highest BCUT2D eigenvalue weighted by Gasteiger charge is 2.27. The van der Waals surface area contributed by atoms with E-state index in [1.807, 2.05) is 24.0 Å². The number of H-pyrrole nitrogens is 1. The van der Waals surface area contributed by atoms with Crippen molar-refractivity contribution in [2.45, 2.75) is 19.4 Å². The summed E-state index contributed by atoms with van der Waals surface area (Å²) < 4.78 is 5.02. The molecule has 22 heavy (non-hydrogen) atoms. The van der Waals surface area contributed by atoms with Gasteiger partial charge in [-0.15, -0.1) is 0 Å². The third-order valence-corrected chi connectivity index (χ3v) is 3.32. The lowest BCUT2D eigenvalue weighted by atomic mass is 10.3. The fourth-order valence-corrected chi connectivity index (χ4v) is 2.39. The first kappa shape index (κ1) is 14.1. The number of rotatable bonds is 4. The van der Waals surface area contributed by atoms with Gasteiger partial charge in [-0.1, -0.05) is 0 Å². The summed E-state index contributed by atoms with van der Waals surface area (Å²) in [5.74, 6) is 2.02. The summed E-state index contributed by atoms with van der Waals surface area (Å²) in [6.45, 7) is 3.15. The summed E-state index contributed by atoms with van der Waals surface area (Å²) in [4.78, 5) is 21.7. The van der Waals surface area contributed by atoms with E-state index in [9.17, 15) is 4.79 Å². The molecule has 3 heterocycles. The van der Waals surface area contributed by atoms with Crippen LogP contribution in [-0.2, 0) is 4.74 Å². The zero-order valence-electron chi connectivity index (χ0n) is 12.1. The molecule has 9 nitrogen and oxygen atoms in total. The molecule has 1 fully saturated rings. The number of nitrogens with one attached hydrogen (secondary N) is 2. The first-order chi connectivity index (χ1) is 10.6. The molecule has 4 N–H and O–H groups in total. The molecule has 9 heteroatoms. The second-order valence-electron chi connectivity index (χ2n) is 5.08. The largest absolute Gasteiger partial charge is 0.444 e. The number of carbonyl (C=O) groups is 1.